The maximum absolute atomic E-state index is 14.5. The second kappa shape index (κ2) is 5.86. The van der Waals surface area contributed by atoms with Gasteiger partial charge in [0.2, 0.25) is 17.4 Å². The Hall–Kier alpha value is -3.27. The third-order valence-corrected chi connectivity index (χ3v) is 5.66. The van der Waals surface area contributed by atoms with Crippen LogP contribution >= 0.6 is 0 Å². The molecule has 0 bridgehead atoms. The Labute approximate surface area is 162 Å². The van der Waals surface area contributed by atoms with Gasteiger partial charge in [0, 0.05) is 22.4 Å². The van der Waals surface area contributed by atoms with Gasteiger partial charge in [-0.05, 0) is 43.4 Å². The van der Waals surface area contributed by atoms with Gasteiger partial charge in [-0.1, -0.05) is 30.3 Å². The van der Waals surface area contributed by atoms with Crippen LogP contribution in [0.1, 0.15) is 16.7 Å². The molecule has 0 N–H and O–H groups in total. The van der Waals surface area contributed by atoms with Crippen LogP contribution in [0.2, 0.25) is 0 Å². The zero-order chi connectivity index (χ0) is 19.6. The fraction of sp³-hybridized carbons (Fsp3) is 0.167. The highest BCUT2D eigenvalue weighted by molar-refractivity contribution is 6.19. The van der Waals surface area contributed by atoms with Crippen molar-refractivity contribution < 1.29 is 13.4 Å². The summed E-state index contributed by atoms with van der Waals surface area (Å²) in [5, 5.41) is 3.15. The van der Waals surface area contributed by atoms with Gasteiger partial charge in [-0.2, -0.15) is 9.37 Å². The lowest BCUT2D eigenvalue weighted by molar-refractivity contribution is -0.660. The van der Waals surface area contributed by atoms with E-state index in [4.69, 9.17) is 4.42 Å². The van der Waals surface area contributed by atoms with Gasteiger partial charge in [0.05, 0.1) is 10.9 Å². The number of hydrogen-bond donors (Lipinski definition) is 0. The SMILES string of the molecule is Cc1cc(-c2c(C)ccc3c2oc2nc(F)c4ccccc4c23)[n+](C)cc1C. The fourth-order valence-corrected chi connectivity index (χ4v) is 4.07. The maximum atomic E-state index is 14.5. The molecule has 0 amide bonds. The molecule has 4 heteroatoms. The molecule has 3 heterocycles. The van der Waals surface area contributed by atoms with Crippen molar-refractivity contribution in [1.29, 1.82) is 0 Å². The molecule has 0 unspecified atom stereocenters. The second-order valence-corrected chi connectivity index (χ2v) is 7.50. The molecule has 2 aromatic carbocycles. The average Bonchev–Trinajstić information content (AvgIpc) is 3.03. The number of benzene rings is 2. The van der Waals surface area contributed by atoms with Crippen molar-refractivity contribution in [2.45, 2.75) is 20.8 Å². The number of aromatic nitrogens is 2. The second-order valence-electron chi connectivity index (χ2n) is 7.50. The monoisotopic (exact) mass is 371 g/mol. The van der Waals surface area contributed by atoms with Crippen molar-refractivity contribution in [3.8, 4) is 11.3 Å². The van der Waals surface area contributed by atoms with E-state index < -0.39 is 5.95 Å². The van der Waals surface area contributed by atoms with Crippen LogP contribution < -0.4 is 4.57 Å². The largest absolute Gasteiger partial charge is 0.437 e. The Morgan fingerprint density at radius 3 is 2.43 bits per heavy atom. The number of rotatable bonds is 1. The molecule has 0 aliphatic carbocycles. The summed E-state index contributed by atoms with van der Waals surface area (Å²) in [6.07, 6.45) is 2.12. The Kier molecular flexibility index (Phi) is 3.53. The molecule has 5 rings (SSSR count). The Balaban J connectivity index is 1.97. The van der Waals surface area contributed by atoms with Crippen LogP contribution in [0.15, 0.2) is 53.1 Å². The van der Waals surface area contributed by atoms with Crippen LogP contribution in [0.25, 0.3) is 44.1 Å². The van der Waals surface area contributed by atoms with E-state index in [2.05, 4.69) is 48.7 Å². The Morgan fingerprint density at radius 2 is 1.64 bits per heavy atom. The lowest BCUT2D eigenvalue weighted by Crippen LogP contribution is -2.31. The van der Waals surface area contributed by atoms with Gasteiger partial charge in [-0.25, -0.2) is 4.57 Å². The highest BCUT2D eigenvalue weighted by atomic mass is 19.1. The molecular formula is C24H20FN2O+. The Morgan fingerprint density at radius 1 is 0.893 bits per heavy atom. The summed E-state index contributed by atoms with van der Waals surface area (Å²) in [6, 6.07) is 13.7. The molecule has 5 aromatic rings. The highest BCUT2D eigenvalue weighted by Gasteiger charge is 2.23. The smallest absolute Gasteiger partial charge is 0.230 e. The number of hydrogen-bond acceptors (Lipinski definition) is 2. The van der Waals surface area contributed by atoms with Crippen molar-refractivity contribution in [3.05, 3.63) is 71.3 Å². The van der Waals surface area contributed by atoms with Gasteiger partial charge >= 0.3 is 0 Å². The summed E-state index contributed by atoms with van der Waals surface area (Å²) in [5.41, 5.74) is 6.73. The molecule has 0 spiro atoms. The quantitative estimate of drug-likeness (QED) is 0.280. The van der Waals surface area contributed by atoms with Crippen LogP contribution in [0.5, 0.6) is 0 Å². The van der Waals surface area contributed by atoms with E-state index in [1.807, 2.05) is 31.3 Å². The van der Waals surface area contributed by atoms with Gasteiger partial charge in [0.25, 0.3) is 0 Å². The lowest BCUT2D eigenvalue weighted by Gasteiger charge is -2.07. The van der Waals surface area contributed by atoms with E-state index >= 15 is 0 Å². The normalized spacial score (nSPS) is 11.8. The van der Waals surface area contributed by atoms with Crippen LogP contribution in [0.3, 0.4) is 0 Å². The van der Waals surface area contributed by atoms with Crippen molar-refractivity contribution in [1.82, 2.24) is 4.98 Å². The molecule has 138 valence electrons. The van der Waals surface area contributed by atoms with Gasteiger partial charge < -0.3 is 4.42 Å². The highest BCUT2D eigenvalue weighted by Crippen LogP contribution is 2.39. The summed E-state index contributed by atoms with van der Waals surface area (Å²) in [7, 11) is 2.04. The van der Waals surface area contributed by atoms with Crippen molar-refractivity contribution in [2.24, 2.45) is 7.05 Å². The summed E-state index contributed by atoms with van der Waals surface area (Å²) >= 11 is 0. The number of aryl methyl sites for hydroxylation is 4. The van der Waals surface area contributed by atoms with Crippen molar-refractivity contribution in [2.75, 3.05) is 0 Å². The molecule has 0 saturated heterocycles. The number of fused-ring (bicyclic) bond motifs is 5. The maximum Gasteiger partial charge on any atom is 0.230 e. The number of nitrogens with zero attached hydrogens (tertiary/aromatic N) is 2. The first-order chi connectivity index (χ1) is 13.5. The molecule has 0 fully saturated rings. The molecular weight excluding hydrogens is 351 g/mol. The van der Waals surface area contributed by atoms with Crippen LogP contribution in [0, 0.1) is 26.7 Å². The van der Waals surface area contributed by atoms with Crippen molar-refractivity contribution in [3.63, 3.8) is 0 Å². The summed E-state index contributed by atoms with van der Waals surface area (Å²) in [5.74, 6) is -0.503. The number of furan rings is 1. The molecule has 0 radical (unpaired) electrons. The first kappa shape index (κ1) is 16.9. The number of pyridine rings is 2. The van der Waals surface area contributed by atoms with E-state index in [1.54, 1.807) is 6.07 Å². The predicted octanol–water partition coefficient (Wildman–Crippen LogP) is 5.69. The minimum absolute atomic E-state index is 0.338. The molecule has 28 heavy (non-hydrogen) atoms. The molecule has 0 saturated carbocycles. The summed E-state index contributed by atoms with van der Waals surface area (Å²) < 4.78 is 22.8. The Bertz CT molecular complexity index is 1420. The van der Waals surface area contributed by atoms with Gasteiger partial charge in [-0.15, -0.1) is 0 Å². The zero-order valence-electron chi connectivity index (χ0n) is 16.3. The van der Waals surface area contributed by atoms with Gasteiger partial charge in [0.1, 0.15) is 7.05 Å². The van der Waals surface area contributed by atoms with Gasteiger partial charge in [-0.3, -0.25) is 0 Å². The van der Waals surface area contributed by atoms with E-state index in [1.165, 1.54) is 11.1 Å². The lowest BCUT2D eigenvalue weighted by atomic mass is 9.98. The third-order valence-electron chi connectivity index (χ3n) is 5.66. The average molecular weight is 371 g/mol. The van der Waals surface area contributed by atoms with Crippen LogP contribution in [-0.2, 0) is 7.05 Å². The van der Waals surface area contributed by atoms with Crippen LogP contribution in [-0.4, -0.2) is 4.98 Å². The summed E-state index contributed by atoms with van der Waals surface area (Å²) in [6.45, 7) is 6.28. The minimum Gasteiger partial charge on any atom is -0.437 e. The first-order valence-corrected chi connectivity index (χ1v) is 9.33. The van der Waals surface area contributed by atoms with E-state index in [9.17, 15) is 4.39 Å². The summed E-state index contributed by atoms with van der Waals surface area (Å²) in [4.78, 5) is 4.12. The topological polar surface area (TPSA) is 29.9 Å². The minimum atomic E-state index is -0.503. The predicted molar refractivity (Wildman–Crippen MR) is 110 cm³/mol. The fourth-order valence-electron chi connectivity index (χ4n) is 4.07. The van der Waals surface area contributed by atoms with Crippen molar-refractivity contribution >= 4 is 32.8 Å². The number of halogens is 1. The van der Waals surface area contributed by atoms with Gasteiger partial charge in [0.15, 0.2) is 11.8 Å². The van der Waals surface area contributed by atoms with E-state index in [0.717, 1.165) is 38.6 Å². The first-order valence-electron chi connectivity index (χ1n) is 9.33. The van der Waals surface area contributed by atoms with Crippen LogP contribution in [0.4, 0.5) is 4.39 Å². The molecule has 0 atom stereocenters. The van der Waals surface area contributed by atoms with E-state index in [0.29, 0.717) is 11.1 Å². The zero-order valence-corrected chi connectivity index (χ0v) is 16.3. The standard InChI is InChI=1S/C24H20FN2O/c1-13-9-10-18-21-16-7-5-6-8-17(16)23(25)26-24(21)28-22(18)20(13)19-11-14(2)15(3)12-27(19)4/h5-12H,1-4H3/q+1. The molecule has 0 aliphatic heterocycles. The molecule has 3 aromatic heterocycles. The molecule has 0 aliphatic rings. The third kappa shape index (κ3) is 2.27. The van der Waals surface area contributed by atoms with E-state index in [-0.39, 0.29) is 0 Å². The molecule has 3 nitrogen and oxygen atoms in total.